The van der Waals surface area contributed by atoms with Crippen molar-refractivity contribution in [2.45, 2.75) is 175 Å². The molecule has 0 spiro atoms. The number of carbonyl (C=O) groups is 3. The van der Waals surface area contributed by atoms with Crippen molar-refractivity contribution in [3.8, 4) is 0 Å². The van der Waals surface area contributed by atoms with Gasteiger partial charge in [-0.25, -0.2) is 0 Å². The lowest BCUT2D eigenvalue weighted by Crippen LogP contribution is -2.30. The van der Waals surface area contributed by atoms with Gasteiger partial charge in [0.05, 0.1) is 0 Å². The van der Waals surface area contributed by atoms with Crippen LogP contribution in [0.5, 0.6) is 0 Å². The Morgan fingerprint density at radius 3 is 1.03 bits per heavy atom. The number of carbonyl (C=O) groups excluding carboxylic acids is 3. The van der Waals surface area contributed by atoms with E-state index in [0.29, 0.717) is 19.3 Å². The second-order valence-corrected chi connectivity index (χ2v) is 17.3. The molecule has 74 heavy (non-hydrogen) atoms. The van der Waals surface area contributed by atoms with Gasteiger partial charge in [0.15, 0.2) is 6.10 Å². The molecular weight excluding hydrogens is 913 g/mol. The number of esters is 3. The molecule has 0 amide bonds. The first-order valence-corrected chi connectivity index (χ1v) is 27.9. The summed E-state index contributed by atoms with van der Waals surface area (Å²) in [5.74, 6) is -1.13. The molecule has 0 bridgehead atoms. The minimum absolute atomic E-state index is 0.152. The minimum Gasteiger partial charge on any atom is -0.462 e. The van der Waals surface area contributed by atoms with E-state index in [0.717, 1.165) is 109 Å². The van der Waals surface area contributed by atoms with E-state index >= 15 is 0 Å². The van der Waals surface area contributed by atoms with Crippen LogP contribution in [-0.2, 0) is 28.6 Å². The molecule has 0 rings (SSSR count). The number of allylic oxidation sites excluding steroid dienone is 36. The maximum absolute atomic E-state index is 12.8. The van der Waals surface area contributed by atoms with E-state index in [9.17, 15) is 14.4 Å². The van der Waals surface area contributed by atoms with Gasteiger partial charge in [0, 0.05) is 19.3 Å². The summed E-state index contributed by atoms with van der Waals surface area (Å²) in [7, 11) is 0. The SMILES string of the molecule is CC\C=C/C=C\C=C/C=C\C=C\C=C/C=C\CCCCCC(=O)OCC(COC(=O)CCCCCCC\C=C/C=C\C=C/C=C\C=C/CCC)OC(=O)CC/C=C\C/C=C\C/C=C\C/C=C\C/C=C\C/C=C\CC. The van der Waals surface area contributed by atoms with Gasteiger partial charge in [-0.1, -0.05) is 272 Å². The maximum Gasteiger partial charge on any atom is 0.306 e. The van der Waals surface area contributed by atoms with Crippen LogP contribution < -0.4 is 0 Å². The molecule has 0 aromatic heterocycles. The van der Waals surface area contributed by atoms with Crippen molar-refractivity contribution in [2.75, 3.05) is 13.2 Å². The molecule has 6 heteroatoms. The standard InChI is InChI=1S/C68H96O6/c1-4-7-10-13-16-19-22-25-28-31-34-37-40-43-46-49-52-55-58-61-67(70)73-64-65(63-72-66(69)60-57-54-51-48-45-42-39-36-33-30-27-24-21-18-15-12-9-6-3)74-68(71)62-59-56-53-50-47-44-41-38-35-32-29-26-23-20-17-14-11-8-5-2/h7-8,10-13,15-22,24-31,33-40,43-44,46-47,53,56,65H,4-6,9,14,23,32,41-42,45,48-52,54-55,57-64H2,1-3H3/b10-7-,11-8-,15-12-,16-13-,20-17-,21-18-,22-19-,27-24-,28-25-,29-26-,33-30-,34-31+,38-35-,39-36-,40-37-,46-43-,47-44-,56-53-. The predicted molar refractivity (Wildman–Crippen MR) is 320 cm³/mol. The van der Waals surface area contributed by atoms with Crippen molar-refractivity contribution < 1.29 is 28.6 Å². The topological polar surface area (TPSA) is 78.9 Å². The van der Waals surface area contributed by atoms with Crippen molar-refractivity contribution in [3.05, 3.63) is 219 Å². The van der Waals surface area contributed by atoms with Gasteiger partial charge in [-0.3, -0.25) is 14.4 Å². The zero-order valence-electron chi connectivity index (χ0n) is 46.0. The van der Waals surface area contributed by atoms with Gasteiger partial charge >= 0.3 is 17.9 Å². The van der Waals surface area contributed by atoms with E-state index in [1.54, 1.807) is 0 Å². The first kappa shape index (κ1) is 67.7. The second-order valence-electron chi connectivity index (χ2n) is 17.3. The summed E-state index contributed by atoms with van der Waals surface area (Å²) in [6.07, 6.45) is 93.5. The molecule has 0 aromatic carbocycles. The van der Waals surface area contributed by atoms with Crippen LogP contribution in [0.1, 0.15) is 168 Å². The van der Waals surface area contributed by atoms with E-state index in [-0.39, 0.29) is 38.0 Å². The van der Waals surface area contributed by atoms with Gasteiger partial charge in [-0.15, -0.1) is 0 Å². The number of unbranched alkanes of at least 4 members (excludes halogenated alkanes) is 9. The van der Waals surface area contributed by atoms with Gasteiger partial charge in [0.25, 0.3) is 0 Å². The molecule has 1 unspecified atom stereocenters. The van der Waals surface area contributed by atoms with Gasteiger partial charge in [0.1, 0.15) is 13.2 Å². The van der Waals surface area contributed by atoms with E-state index in [4.69, 9.17) is 14.2 Å². The summed E-state index contributed by atoms with van der Waals surface area (Å²) >= 11 is 0. The van der Waals surface area contributed by atoms with E-state index in [2.05, 4.69) is 118 Å². The third kappa shape index (κ3) is 56.6. The van der Waals surface area contributed by atoms with Crippen LogP contribution in [0, 0.1) is 0 Å². The molecule has 404 valence electrons. The average molecular weight is 1010 g/mol. The van der Waals surface area contributed by atoms with Crippen molar-refractivity contribution in [1.82, 2.24) is 0 Å². The maximum atomic E-state index is 12.8. The van der Waals surface area contributed by atoms with E-state index < -0.39 is 12.1 Å². The fourth-order valence-electron chi connectivity index (χ4n) is 6.42. The lowest BCUT2D eigenvalue weighted by Gasteiger charge is -2.18. The second kappa shape index (κ2) is 59.3. The Morgan fingerprint density at radius 2 is 0.622 bits per heavy atom. The highest BCUT2D eigenvalue weighted by Crippen LogP contribution is 2.11. The highest BCUT2D eigenvalue weighted by Gasteiger charge is 2.19. The smallest absolute Gasteiger partial charge is 0.306 e. The summed E-state index contributed by atoms with van der Waals surface area (Å²) in [6, 6.07) is 0. The van der Waals surface area contributed by atoms with Crippen molar-refractivity contribution >= 4 is 17.9 Å². The summed E-state index contributed by atoms with van der Waals surface area (Å²) in [5.41, 5.74) is 0. The van der Waals surface area contributed by atoms with Gasteiger partial charge in [-0.2, -0.15) is 0 Å². The molecule has 0 aromatic rings. The van der Waals surface area contributed by atoms with Crippen molar-refractivity contribution in [3.63, 3.8) is 0 Å². The zero-order chi connectivity index (χ0) is 53.6. The minimum atomic E-state index is -0.865. The first-order chi connectivity index (χ1) is 36.5. The summed E-state index contributed by atoms with van der Waals surface area (Å²) < 4.78 is 16.7. The average Bonchev–Trinajstić information content (AvgIpc) is 3.40. The third-order valence-electron chi connectivity index (χ3n) is 10.5. The Morgan fingerprint density at radius 1 is 0.297 bits per heavy atom. The molecule has 0 heterocycles. The number of ether oxygens (including phenoxy) is 3. The van der Waals surface area contributed by atoms with Crippen molar-refractivity contribution in [2.24, 2.45) is 0 Å². The van der Waals surface area contributed by atoms with Crippen molar-refractivity contribution in [1.29, 1.82) is 0 Å². The summed E-state index contributed by atoms with van der Waals surface area (Å²) in [6.45, 7) is 6.13. The quantitative estimate of drug-likeness (QED) is 0.0199. The van der Waals surface area contributed by atoms with Gasteiger partial charge < -0.3 is 14.2 Å². The predicted octanol–water partition coefficient (Wildman–Crippen LogP) is 19.0. The highest BCUT2D eigenvalue weighted by molar-refractivity contribution is 5.71. The Bertz CT molecular complexity index is 1930. The van der Waals surface area contributed by atoms with E-state index in [1.807, 2.05) is 122 Å². The summed E-state index contributed by atoms with van der Waals surface area (Å²) in [5, 5.41) is 0. The van der Waals surface area contributed by atoms with Crippen LogP contribution in [-0.4, -0.2) is 37.2 Å². The highest BCUT2D eigenvalue weighted by atomic mass is 16.6. The monoisotopic (exact) mass is 1010 g/mol. The van der Waals surface area contributed by atoms with Crippen LogP contribution >= 0.6 is 0 Å². The lowest BCUT2D eigenvalue weighted by molar-refractivity contribution is -0.166. The number of hydrogen-bond acceptors (Lipinski definition) is 6. The van der Waals surface area contributed by atoms with Crippen LogP contribution in [0.25, 0.3) is 0 Å². The number of hydrogen-bond donors (Lipinski definition) is 0. The molecular formula is C68H96O6. The van der Waals surface area contributed by atoms with Crippen LogP contribution in [0.2, 0.25) is 0 Å². The largest absolute Gasteiger partial charge is 0.462 e. The Kier molecular flexibility index (Phi) is 54.3. The van der Waals surface area contributed by atoms with E-state index in [1.165, 1.54) is 6.42 Å². The molecule has 1 atom stereocenters. The normalized spacial score (nSPS) is 13.8. The lowest BCUT2D eigenvalue weighted by atomic mass is 10.1. The Labute approximate surface area is 451 Å². The molecule has 0 saturated heterocycles. The molecule has 0 aliphatic rings. The van der Waals surface area contributed by atoms with Crippen LogP contribution in [0.15, 0.2) is 219 Å². The third-order valence-corrected chi connectivity index (χ3v) is 10.5. The fourth-order valence-corrected chi connectivity index (χ4v) is 6.42. The van der Waals surface area contributed by atoms with Crippen LogP contribution in [0.4, 0.5) is 0 Å². The first-order valence-electron chi connectivity index (χ1n) is 27.9. The zero-order valence-corrected chi connectivity index (χ0v) is 46.0. The molecule has 0 radical (unpaired) electrons. The van der Waals surface area contributed by atoms with Gasteiger partial charge in [0.2, 0.25) is 0 Å². The summed E-state index contributed by atoms with van der Waals surface area (Å²) in [4.78, 5) is 38.1. The molecule has 0 aliphatic heterocycles. The molecule has 6 nitrogen and oxygen atoms in total. The number of rotatable bonds is 46. The Hall–Kier alpha value is -6.27. The molecule has 0 N–H and O–H groups in total. The Balaban J connectivity index is 4.73. The molecule has 0 fully saturated rings. The molecule has 0 aliphatic carbocycles. The fraction of sp³-hybridized carbons (Fsp3) is 0.426. The van der Waals surface area contributed by atoms with Gasteiger partial charge in [-0.05, 0) is 96.3 Å². The molecule has 0 saturated carbocycles. The van der Waals surface area contributed by atoms with Crippen LogP contribution in [0.3, 0.4) is 0 Å².